The van der Waals surface area contributed by atoms with Gasteiger partial charge in [-0.1, -0.05) is 6.07 Å². The number of hydrogen-bond donors (Lipinski definition) is 2. The molecule has 1 aromatic carbocycles. The van der Waals surface area contributed by atoms with Crippen molar-refractivity contribution in [1.29, 1.82) is 0 Å². The van der Waals surface area contributed by atoms with Gasteiger partial charge in [-0.25, -0.2) is 4.79 Å². The summed E-state index contributed by atoms with van der Waals surface area (Å²) in [5.41, 5.74) is 5.01. The molecule has 16 heavy (non-hydrogen) atoms. The molecule has 0 unspecified atom stereocenters. The number of benzene rings is 1. The van der Waals surface area contributed by atoms with Gasteiger partial charge in [-0.05, 0) is 13.0 Å². The number of amides is 3. The van der Waals surface area contributed by atoms with E-state index < -0.39 is 16.9 Å². The maximum Gasteiger partial charge on any atom is 0.319 e. The predicted molar refractivity (Wildman–Crippen MR) is 54.9 cm³/mol. The normalized spacial score (nSPS) is 9.56. The van der Waals surface area contributed by atoms with E-state index >= 15 is 0 Å². The number of urea groups is 1. The molecule has 0 saturated carbocycles. The second-order valence-corrected chi connectivity index (χ2v) is 3.08. The number of nitrogens with one attached hydrogen (secondary N) is 1. The first-order valence-corrected chi connectivity index (χ1v) is 4.27. The Morgan fingerprint density at radius 1 is 1.44 bits per heavy atom. The summed E-state index contributed by atoms with van der Waals surface area (Å²) in [6.07, 6.45) is 0. The first-order chi connectivity index (χ1) is 7.41. The van der Waals surface area contributed by atoms with Gasteiger partial charge in [-0.3, -0.25) is 20.2 Å². The molecular formula is C9H9N3O4. The molecule has 84 valence electrons. The standard InChI is InChI=1S/C9H9N3O4/c1-5-2-3-6(4-7(5)12(15)16)8(13)11-9(10)14/h2-4H,1H3,(H3,10,11,13,14). The minimum Gasteiger partial charge on any atom is -0.351 e. The fraction of sp³-hybridized carbons (Fsp3) is 0.111. The molecular weight excluding hydrogens is 214 g/mol. The molecule has 0 fully saturated rings. The Morgan fingerprint density at radius 2 is 2.06 bits per heavy atom. The molecule has 1 rings (SSSR count). The lowest BCUT2D eigenvalue weighted by Crippen LogP contribution is -2.34. The zero-order valence-electron chi connectivity index (χ0n) is 8.39. The number of carbonyl (C=O) groups excluding carboxylic acids is 2. The molecule has 0 aliphatic carbocycles. The van der Waals surface area contributed by atoms with E-state index in [4.69, 9.17) is 5.73 Å². The largest absolute Gasteiger partial charge is 0.351 e. The minimum absolute atomic E-state index is 0.0103. The summed E-state index contributed by atoms with van der Waals surface area (Å²) in [4.78, 5) is 31.7. The molecule has 0 aromatic heterocycles. The van der Waals surface area contributed by atoms with E-state index in [0.717, 1.165) is 6.07 Å². The Morgan fingerprint density at radius 3 is 2.56 bits per heavy atom. The Kier molecular flexibility index (Phi) is 3.19. The van der Waals surface area contributed by atoms with Crippen LogP contribution in [0.25, 0.3) is 0 Å². The topological polar surface area (TPSA) is 115 Å². The summed E-state index contributed by atoms with van der Waals surface area (Å²) in [7, 11) is 0. The van der Waals surface area contributed by atoms with Crippen LogP contribution in [0.3, 0.4) is 0 Å². The van der Waals surface area contributed by atoms with E-state index in [1.807, 2.05) is 5.32 Å². The summed E-state index contributed by atoms with van der Waals surface area (Å²) in [5, 5.41) is 12.4. The SMILES string of the molecule is Cc1ccc(C(=O)NC(N)=O)cc1[N+](=O)[O-]. The fourth-order valence-electron chi connectivity index (χ4n) is 1.13. The van der Waals surface area contributed by atoms with Gasteiger partial charge < -0.3 is 5.73 Å². The van der Waals surface area contributed by atoms with Gasteiger partial charge in [0.15, 0.2) is 0 Å². The lowest BCUT2D eigenvalue weighted by molar-refractivity contribution is -0.385. The van der Waals surface area contributed by atoms with Crippen molar-refractivity contribution in [2.75, 3.05) is 0 Å². The third-order valence-electron chi connectivity index (χ3n) is 1.90. The maximum atomic E-state index is 11.3. The molecule has 0 aliphatic heterocycles. The highest BCUT2D eigenvalue weighted by atomic mass is 16.6. The Labute approximate surface area is 90.4 Å². The van der Waals surface area contributed by atoms with Crippen molar-refractivity contribution >= 4 is 17.6 Å². The van der Waals surface area contributed by atoms with Crippen LogP contribution in [0, 0.1) is 17.0 Å². The first kappa shape index (κ1) is 11.6. The summed E-state index contributed by atoms with van der Waals surface area (Å²) < 4.78 is 0. The van der Waals surface area contributed by atoms with E-state index in [2.05, 4.69) is 0 Å². The smallest absolute Gasteiger partial charge is 0.319 e. The molecule has 0 atom stereocenters. The quantitative estimate of drug-likeness (QED) is 0.567. The van der Waals surface area contributed by atoms with Crippen LogP contribution in [0.4, 0.5) is 10.5 Å². The van der Waals surface area contributed by atoms with Crippen LogP contribution < -0.4 is 11.1 Å². The van der Waals surface area contributed by atoms with Crippen molar-refractivity contribution in [2.24, 2.45) is 5.73 Å². The maximum absolute atomic E-state index is 11.3. The van der Waals surface area contributed by atoms with Crippen molar-refractivity contribution < 1.29 is 14.5 Å². The highest BCUT2D eigenvalue weighted by Crippen LogP contribution is 2.18. The highest BCUT2D eigenvalue weighted by molar-refractivity contribution is 6.04. The van der Waals surface area contributed by atoms with Crippen molar-refractivity contribution in [3.8, 4) is 0 Å². The molecule has 3 N–H and O–H groups in total. The molecule has 7 heteroatoms. The molecule has 0 aliphatic rings. The highest BCUT2D eigenvalue weighted by Gasteiger charge is 2.15. The summed E-state index contributed by atoms with van der Waals surface area (Å²) in [6.45, 7) is 1.55. The monoisotopic (exact) mass is 223 g/mol. The van der Waals surface area contributed by atoms with Gasteiger partial charge in [0, 0.05) is 17.2 Å². The number of imide groups is 1. The zero-order chi connectivity index (χ0) is 12.3. The summed E-state index contributed by atoms with van der Waals surface area (Å²) >= 11 is 0. The van der Waals surface area contributed by atoms with Gasteiger partial charge in [0.05, 0.1) is 4.92 Å². The molecule has 7 nitrogen and oxygen atoms in total. The molecule has 3 amide bonds. The molecule has 0 saturated heterocycles. The Bertz CT molecular complexity index is 470. The lowest BCUT2D eigenvalue weighted by Gasteiger charge is -2.02. The molecule has 0 radical (unpaired) electrons. The number of nitrogens with two attached hydrogens (primary N) is 1. The van der Waals surface area contributed by atoms with Gasteiger partial charge >= 0.3 is 6.03 Å². The number of nitro benzene ring substituents is 1. The second-order valence-electron chi connectivity index (χ2n) is 3.08. The number of rotatable bonds is 2. The minimum atomic E-state index is -1.01. The molecule has 0 spiro atoms. The lowest BCUT2D eigenvalue weighted by atomic mass is 10.1. The van der Waals surface area contributed by atoms with Crippen LogP contribution in [-0.2, 0) is 0 Å². The third kappa shape index (κ3) is 2.53. The average molecular weight is 223 g/mol. The van der Waals surface area contributed by atoms with Crippen molar-refractivity contribution in [3.05, 3.63) is 39.4 Å². The van der Waals surface area contributed by atoms with Crippen LogP contribution in [0.15, 0.2) is 18.2 Å². The fourth-order valence-corrected chi connectivity index (χ4v) is 1.13. The zero-order valence-corrected chi connectivity index (χ0v) is 8.39. The second kappa shape index (κ2) is 4.39. The third-order valence-corrected chi connectivity index (χ3v) is 1.90. The molecule has 0 heterocycles. The average Bonchev–Trinajstić information content (AvgIpc) is 2.16. The van der Waals surface area contributed by atoms with Crippen LogP contribution in [0.5, 0.6) is 0 Å². The Hall–Kier alpha value is -2.44. The van der Waals surface area contributed by atoms with Crippen LogP contribution in [-0.4, -0.2) is 16.9 Å². The van der Waals surface area contributed by atoms with Gasteiger partial charge in [0.1, 0.15) is 0 Å². The van der Waals surface area contributed by atoms with Crippen molar-refractivity contribution in [2.45, 2.75) is 6.92 Å². The van der Waals surface area contributed by atoms with Gasteiger partial charge in [-0.2, -0.15) is 0 Å². The van der Waals surface area contributed by atoms with E-state index in [1.54, 1.807) is 6.92 Å². The number of nitro groups is 1. The van der Waals surface area contributed by atoms with Crippen LogP contribution in [0.2, 0.25) is 0 Å². The van der Waals surface area contributed by atoms with E-state index in [9.17, 15) is 19.7 Å². The van der Waals surface area contributed by atoms with Gasteiger partial charge in [0.2, 0.25) is 0 Å². The summed E-state index contributed by atoms with van der Waals surface area (Å²) in [6, 6.07) is 2.88. The number of carbonyl (C=O) groups is 2. The molecule has 0 bridgehead atoms. The number of nitrogens with zero attached hydrogens (tertiary/aromatic N) is 1. The van der Waals surface area contributed by atoms with E-state index in [1.165, 1.54) is 12.1 Å². The van der Waals surface area contributed by atoms with Crippen LogP contribution >= 0.6 is 0 Å². The van der Waals surface area contributed by atoms with Crippen LogP contribution in [0.1, 0.15) is 15.9 Å². The number of hydrogen-bond acceptors (Lipinski definition) is 4. The van der Waals surface area contributed by atoms with Gasteiger partial charge in [0.25, 0.3) is 11.6 Å². The predicted octanol–water partition coefficient (Wildman–Crippen LogP) is 0.712. The summed E-state index contributed by atoms with van der Waals surface area (Å²) in [5.74, 6) is -0.768. The van der Waals surface area contributed by atoms with Crippen molar-refractivity contribution in [1.82, 2.24) is 5.32 Å². The van der Waals surface area contributed by atoms with E-state index in [0.29, 0.717) is 5.56 Å². The van der Waals surface area contributed by atoms with Gasteiger partial charge in [-0.15, -0.1) is 0 Å². The Balaban J connectivity index is 3.08. The molecule has 1 aromatic rings. The number of primary amides is 1. The number of aryl methyl sites for hydroxylation is 1. The van der Waals surface area contributed by atoms with Crippen molar-refractivity contribution in [3.63, 3.8) is 0 Å². The first-order valence-electron chi connectivity index (χ1n) is 4.27. The van der Waals surface area contributed by atoms with E-state index in [-0.39, 0.29) is 11.3 Å².